The van der Waals surface area contributed by atoms with Crippen molar-refractivity contribution in [1.82, 2.24) is 0 Å². The van der Waals surface area contributed by atoms with Crippen LogP contribution >= 0.6 is 0 Å². The average Bonchev–Trinajstić information content (AvgIpc) is 1.69. The molecular formula is C6H4OZn. The number of hydrogen-bond donors (Lipinski definition) is 0. The SMILES string of the molecule is [O-]c1[c-]cccc1.[Zn+2]. The molecule has 0 aliphatic rings. The molecule has 0 spiro atoms. The Balaban J connectivity index is 0.000000490. The Bertz CT molecular complexity index is 138. The van der Waals surface area contributed by atoms with Gasteiger partial charge < -0.3 is 5.11 Å². The van der Waals surface area contributed by atoms with E-state index in [0.717, 1.165) is 0 Å². The van der Waals surface area contributed by atoms with Crippen LogP contribution in [0.3, 0.4) is 0 Å². The first kappa shape index (κ1) is 7.64. The summed E-state index contributed by atoms with van der Waals surface area (Å²) < 4.78 is 0. The van der Waals surface area contributed by atoms with Gasteiger partial charge in [0.15, 0.2) is 0 Å². The van der Waals surface area contributed by atoms with Gasteiger partial charge in [-0.1, -0.05) is 0 Å². The topological polar surface area (TPSA) is 23.1 Å². The van der Waals surface area contributed by atoms with E-state index in [4.69, 9.17) is 0 Å². The van der Waals surface area contributed by atoms with Gasteiger partial charge in [0.05, 0.1) is 0 Å². The number of para-hydroxylation sites is 1. The fourth-order valence-corrected chi connectivity index (χ4v) is 0.377. The maximum atomic E-state index is 10.2. The van der Waals surface area contributed by atoms with Crippen LogP contribution < -0.4 is 5.11 Å². The van der Waals surface area contributed by atoms with Crippen LogP contribution in [-0.2, 0) is 19.5 Å². The van der Waals surface area contributed by atoms with Crippen LogP contribution in [0.15, 0.2) is 24.3 Å². The van der Waals surface area contributed by atoms with E-state index >= 15 is 0 Å². The zero-order chi connectivity index (χ0) is 5.11. The molecule has 0 saturated heterocycles. The molecule has 0 saturated carbocycles. The molecule has 36 valence electrons. The molecule has 0 N–H and O–H groups in total. The van der Waals surface area contributed by atoms with Crippen LogP contribution in [0.2, 0.25) is 0 Å². The molecule has 8 heavy (non-hydrogen) atoms. The van der Waals surface area contributed by atoms with Gasteiger partial charge in [0.25, 0.3) is 0 Å². The summed E-state index contributed by atoms with van der Waals surface area (Å²) in [5.41, 5.74) is 0. The molecule has 0 amide bonds. The third-order valence-corrected chi connectivity index (χ3v) is 0.681. The molecule has 1 aromatic carbocycles. The quantitative estimate of drug-likeness (QED) is 0.399. The van der Waals surface area contributed by atoms with Crippen molar-refractivity contribution < 1.29 is 24.6 Å². The normalized spacial score (nSPS) is 7.50. The van der Waals surface area contributed by atoms with Crippen LogP contribution in [0.25, 0.3) is 0 Å². The second kappa shape index (κ2) is 3.62. The van der Waals surface area contributed by atoms with Crippen LogP contribution in [0.4, 0.5) is 0 Å². The van der Waals surface area contributed by atoms with E-state index in [9.17, 15) is 5.11 Å². The minimum absolute atomic E-state index is 0. The summed E-state index contributed by atoms with van der Waals surface area (Å²) in [7, 11) is 0. The monoisotopic (exact) mass is 156 g/mol. The number of rotatable bonds is 0. The fourth-order valence-electron chi connectivity index (χ4n) is 0.377. The first-order chi connectivity index (χ1) is 3.39. The second-order valence-corrected chi connectivity index (χ2v) is 1.23. The van der Waals surface area contributed by atoms with Crippen LogP contribution in [0, 0.1) is 6.07 Å². The summed E-state index contributed by atoms with van der Waals surface area (Å²) >= 11 is 0. The predicted octanol–water partition coefficient (Wildman–Crippen LogP) is 0.558. The van der Waals surface area contributed by atoms with E-state index in [1.54, 1.807) is 18.2 Å². The molecule has 0 bridgehead atoms. The van der Waals surface area contributed by atoms with Crippen molar-refractivity contribution >= 4 is 0 Å². The molecular weight excluding hydrogens is 153 g/mol. The van der Waals surface area contributed by atoms with Crippen LogP contribution in [0.1, 0.15) is 0 Å². The van der Waals surface area contributed by atoms with Crippen LogP contribution in [0.5, 0.6) is 5.75 Å². The summed E-state index contributed by atoms with van der Waals surface area (Å²) in [6.45, 7) is 0. The van der Waals surface area contributed by atoms with Crippen molar-refractivity contribution in [3.63, 3.8) is 0 Å². The van der Waals surface area contributed by atoms with Gasteiger partial charge in [0, 0.05) is 0 Å². The third-order valence-electron chi connectivity index (χ3n) is 0.681. The van der Waals surface area contributed by atoms with Gasteiger partial charge in [-0.25, -0.2) is 5.75 Å². The summed E-state index contributed by atoms with van der Waals surface area (Å²) in [6.07, 6.45) is 0. The van der Waals surface area contributed by atoms with Crippen molar-refractivity contribution in [2.75, 3.05) is 0 Å². The molecule has 2 heteroatoms. The summed E-state index contributed by atoms with van der Waals surface area (Å²) in [5.74, 6) is -0.0532. The van der Waals surface area contributed by atoms with E-state index in [0.29, 0.717) is 0 Å². The molecule has 0 aliphatic carbocycles. The first-order valence-corrected chi connectivity index (χ1v) is 2.03. The van der Waals surface area contributed by atoms with Gasteiger partial charge in [-0.3, -0.25) is 0 Å². The van der Waals surface area contributed by atoms with E-state index in [1.807, 2.05) is 0 Å². The molecule has 0 fully saturated rings. The minimum atomic E-state index is -0.0532. The van der Waals surface area contributed by atoms with Crippen LogP contribution in [-0.4, -0.2) is 0 Å². The second-order valence-electron chi connectivity index (χ2n) is 1.23. The standard InChI is InChI=1S/C6H5O.Zn/c7-6-4-2-1-3-5-6;/h1-4,7H;/q-1;+2/p-1. The average molecular weight is 157 g/mol. The van der Waals surface area contributed by atoms with Crippen molar-refractivity contribution in [2.24, 2.45) is 0 Å². The zero-order valence-corrected chi connectivity index (χ0v) is 7.39. The Morgan fingerprint density at radius 2 is 2.12 bits per heavy atom. The maximum absolute atomic E-state index is 10.2. The summed E-state index contributed by atoms with van der Waals surface area (Å²) in [6, 6.07) is 9.01. The van der Waals surface area contributed by atoms with E-state index in [-0.39, 0.29) is 25.2 Å². The zero-order valence-electron chi connectivity index (χ0n) is 4.42. The smallest absolute Gasteiger partial charge is 0.891 e. The van der Waals surface area contributed by atoms with E-state index in [1.165, 1.54) is 6.07 Å². The molecule has 0 atom stereocenters. The maximum Gasteiger partial charge on any atom is 2.00 e. The Kier molecular flexibility index (Phi) is 3.46. The largest absolute Gasteiger partial charge is 2.00 e. The van der Waals surface area contributed by atoms with Gasteiger partial charge >= 0.3 is 19.5 Å². The Morgan fingerprint density at radius 3 is 2.38 bits per heavy atom. The van der Waals surface area contributed by atoms with Crippen molar-refractivity contribution in [2.45, 2.75) is 0 Å². The van der Waals surface area contributed by atoms with E-state index < -0.39 is 0 Å². The summed E-state index contributed by atoms with van der Waals surface area (Å²) in [5, 5.41) is 10.2. The van der Waals surface area contributed by atoms with Gasteiger partial charge in [-0.2, -0.15) is 30.3 Å². The van der Waals surface area contributed by atoms with E-state index in [2.05, 4.69) is 6.07 Å². The molecule has 0 unspecified atom stereocenters. The van der Waals surface area contributed by atoms with Gasteiger partial charge in [-0.05, 0) is 0 Å². The Morgan fingerprint density at radius 1 is 1.38 bits per heavy atom. The first-order valence-electron chi connectivity index (χ1n) is 2.03. The molecule has 0 radical (unpaired) electrons. The predicted molar refractivity (Wildman–Crippen MR) is 24.7 cm³/mol. The number of hydrogen-bond acceptors (Lipinski definition) is 1. The molecule has 0 heterocycles. The van der Waals surface area contributed by atoms with Crippen molar-refractivity contribution in [1.29, 1.82) is 0 Å². The number of benzene rings is 1. The van der Waals surface area contributed by atoms with Gasteiger partial charge in [0.2, 0.25) is 0 Å². The molecule has 1 nitrogen and oxygen atoms in total. The van der Waals surface area contributed by atoms with Crippen molar-refractivity contribution in [3.8, 4) is 5.75 Å². The Labute approximate surface area is 61.1 Å². The molecule has 1 aromatic rings. The molecule has 0 aliphatic heterocycles. The molecule has 1 rings (SSSR count). The summed E-state index contributed by atoms with van der Waals surface area (Å²) in [4.78, 5) is 0. The minimum Gasteiger partial charge on any atom is -0.891 e. The Hall–Kier alpha value is -0.357. The van der Waals surface area contributed by atoms with Gasteiger partial charge in [0.1, 0.15) is 0 Å². The third kappa shape index (κ3) is 2.08. The molecule has 0 aromatic heterocycles. The van der Waals surface area contributed by atoms with Gasteiger partial charge in [-0.15, -0.1) is 0 Å². The van der Waals surface area contributed by atoms with Crippen molar-refractivity contribution in [3.05, 3.63) is 30.3 Å². The fraction of sp³-hybridized carbons (Fsp3) is 0.